The van der Waals surface area contributed by atoms with Gasteiger partial charge in [0, 0.05) is 32.6 Å². The van der Waals surface area contributed by atoms with Crippen LogP contribution in [0.15, 0.2) is 4.99 Å². The van der Waals surface area contributed by atoms with Crippen LogP contribution >= 0.6 is 0 Å². The van der Waals surface area contributed by atoms with Crippen molar-refractivity contribution in [2.45, 2.75) is 70.3 Å². The van der Waals surface area contributed by atoms with Gasteiger partial charge in [-0.1, -0.05) is 25.7 Å². The van der Waals surface area contributed by atoms with E-state index >= 15 is 0 Å². The Hall–Kier alpha value is -1.26. The largest absolute Gasteiger partial charge is 0.356 e. The molecule has 2 aliphatic rings. The molecule has 126 valence electrons. The summed E-state index contributed by atoms with van der Waals surface area (Å²) in [7, 11) is 1.80. The lowest BCUT2D eigenvalue weighted by Crippen LogP contribution is -2.38. The SMILES string of the molecule is CN=C(NCCCC(=O)NC1CC1)NCCCC1CCCC1. The number of rotatable bonds is 9. The standard InChI is InChI=1S/C17H32N4O/c1-18-17(19-12-4-8-14-6-2-3-7-14)20-13-5-9-16(22)21-15-10-11-15/h14-15H,2-13H2,1H3,(H,21,22)(H2,18,19,20). The average Bonchev–Trinajstić information content (AvgIpc) is 3.17. The lowest BCUT2D eigenvalue weighted by Gasteiger charge is -2.13. The minimum absolute atomic E-state index is 0.184. The number of hydrogen-bond acceptors (Lipinski definition) is 2. The number of hydrogen-bond donors (Lipinski definition) is 3. The van der Waals surface area contributed by atoms with Crippen molar-refractivity contribution in [3.63, 3.8) is 0 Å². The monoisotopic (exact) mass is 308 g/mol. The Kier molecular flexibility index (Phi) is 7.54. The third-order valence-corrected chi connectivity index (χ3v) is 4.60. The summed E-state index contributed by atoms with van der Waals surface area (Å²) in [5, 5.41) is 9.66. The zero-order valence-corrected chi connectivity index (χ0v) is 14.0. The van der Waals surface area contributed by atoms with Gasteiger partial charge < -0.3 is 16.0 Å². The van der Waals surface area contributed by atoms with Crippen molar-refractivity contribution >= 4 is 11.9 Å². The molecule has 5 heteroatoms. The first-order valence-electron chi connectivity index (χ1n) is 9.02. The van der Waals surface area contributed by atoms with Crippen LogP contribution in [0, 0.1) is 5.92 Å². The van der Waals surface area contributed by atoms with Crippen molar-refractivity contribution in [1.29, 1.82) is 0 Å². The molecule has 0 spiro atoms. The molecule has 0 aromatic carbocycles. The summed E-state index contributed by atoms with van der Waals surface area (Å²) in [5.41, 5.74) is 0. The van der Waals surface area contributed by atoms with E-state index in [0.29, 0.717) is 12.5 Å². The zero-order chi connectivity index (χ0) is 15.6. The molecule has 2 rings (SSSR count). The molecule has 2 aliphatic carbocycles. The van der Waals surface area contributed by atoms with E-state index in [1.54, 1.807) is 7.05 Å². The molecule has 0 aliphatic heterocycles. The minimum Gasteiger partial charge on any atom is -0.356 e. The van der Waals surface area contributed by atoms with Crippen molar-refractivity contribution in [2.24, 2.45) is 10.9 Å². The summed E-state index contributed by atoms with van der Waals surface area (Å²) in [6.07, 6.45) is 12.0. The average molecular weight is 308 g/mol. The maximum absolute atomic E-state index is 11.6. The molecule has 0 atom stereocenters. The van der Waals surface area contributed by atoms with E-state index in [-0.39, 0.29) is 5.91 Å². The second-order valence-corrected chi connectivity index (χ2v) is 6.66. The van der Waals surface area contributed by atoms with Crippen molar-refractivity contribution in [3.8, 4) is 0 Å². The second-order valence-electron chi connectivity index (χ2n) is 6.66. The molecule has 0 heterocycles. The summed E-state index contributed by atoms with van der Waals surface area (Å²) >= 11 is 0. The van der Waals surface area contributed by atoms with Crippen LogP contribution in [0.4, 0.5) is 0 Å². The highest BCUT2D eigenvalue weighted by Gasteiger charge is 2.22. The molecular weight excluding hydrogens is 276 g/mol. The number of carbonyl (C=O) groups is 1. The molecule has 0 radical (unpaired) electrons. The number of carbonyl (C=O) groups excluding carboxylic acids is 1. The van der Waals surface area contributed by atoms with Gasteiger partial charge in [-0.25, -0.2) is 0 Å². The minimum atomic E-state index is 0.184. The van der Waals surface area contributed by atoms with Gasteiger partial charge in [-0.05, 0) is 38.0 Å². The Morgan fingerprint density at radius 1 is 1.05 bits per heavy atom. The topological polar surface area (TPSA) is 65.5 Å². The molecule has 0 bridgehead atoms. The fourth-order valence-electron chi connectivity index (χ4n) is 3.10. The van der Waals surface area contributed by atoms with Gasteiger partial charge in [0.2, 0.25) is 5.91 Å². The van der Waals surface area contributed by atoms with Gasteiger partial charge in [0.15, 0.2) is 5.96 Å². The molecule has 0 aromatic rings. The Balaban J connectivity index is 1.44. The van der Waals surface area contributed by atoms with E-state index in [9.17, 15) is 4.79 Å². The van der Waals surface area contributed by atoms with E-state index in [1.807, 2.05) is 0 Å². The van der Waals surface area contributed by atoms with Crippen LogP contribution in [0.2, 0.25) is 0 Å². The number of guanidine groups is 1. The number of nitrogens with one attached hydrogen (secondary N) is 3. The van der Waals surface area contributed by atoms with Crippen molar-refractivity contribution in [2.75, 3.05) is 20.1 Å². The van der Waals surface area contributed by atoms with E-state index in [0.717, 1.165) is 44.2 Å². The molecule has 1 amide bonds. The van der Waals surface area contributed by atoms with E-state index in [4.69, 9.17) is 0 Å². The number of nitrogens with zero attached hydrogens (tertiary/aromatic N) is 1. The van der Waals surface area contributed by atoms with Crippen LogP contribution in [-0.2, 0) is 4.79 Å². The van der Waals surface area contributed by atoms with E-state index < -0.39 is 0 Å². The van der Waals surface area contributed by atoms with E-state index in [1.165, 1.54) is 38.5 Å². The molecule has 5 nitrogen and oxygen atoms in total. The highest BCUT2D eigenvalue weighted by Crippen LogP contribution is 2.28. The summed E-state index contributed by atoms with van der Waals surface area (Å²) in [6.45, 7) is 1.78. The molecule has 22 heavy (non-hydrogen) atoms. The second kappa shape index (κ2) is 9.70. The van der Waals surface area contributed by atoms with Crippen LogP contribution in [0.3, 0.4) is 0 Å². The summed E-state index contributed by atoms with van der Waals surface area (Å²) in [5.74, 6) is 2.00. The molecule has 3 N–H and O–H groups in total. The third kappa shape index (κ3) is 7.14. The van der Waals surface area contributed by atoms with Gasteiger partial charge in [-0.15, -0.1) is 0 Å². The third-order valence-electron chi connectivity index (χ3n) is 4.60. The van der Waals surface area contributed by atoms with Crippen LogP contribution < -0.4 is 16.0 Å². The Bertz CT molecular complexity index is 360. The maximum Gasteiger partial charge on any atom is 0.220 e. The molecule has 0 unspecified atom stereocenters. The van der Waals surface area contributed by atoms with Crippen molar-refractivity contribution in [1.82, 2.24) is 16.0 Å². The molecule has 2 fully saturated rings. The van der Waals surface area contributed by atoms with Crippen molar-refractivity contribution < 1.29 is 4.79 Å². The van der Waals surface area contributed by atoms with Crippen molar-refractivity contribution in [3.05, 3.63) is 0 Å². The highest BCUT2D eigenvalue weighted by molar-refractivity contribution is 5.79. The summed E-state index contributed by atoms with van der Waals surface area (Å²) in [6, 6.07) is 0.467. The number of aliphatic imine (C=N–C) groups is 1. The van der Waals surface area contributed by atoms with Crippen LogP contribution in [0.25, 0.3) is 0 Å². The quantitative estimate of drug-likeness (QED) is 0.347. The van der Waals surface area contributed by atoms with Gasteiger partial charge >= 0.3 is 0 Å². The maximum atomic E-state index is 11.6. The Morgan fingerprint density at radius 3 is 2.36 bits per heavy atom. The Labute approximate surface area is 134 Å². The predicted octanol–water partition coefficient (Wildman–Crippen LogP) is 2.18. The van der Waals surface area contributed by atoms with Gasteiger partial charge in [0.05, 0.1) is 0 Å². The molecule has 0 saturated heterocycles. The smallest absolute Gasteiger partial charge is 0.220 e. The van der Waals surface area contributed by atoms with E-state index in [2.05, 4.69) is 20.9 Å². The Morgan fingerprint density at radius 2 is 1.73 bits per heavy atom. The summed E-state index contributed by atoms with van der Waals surface area (Å²) in [4.78, 5) is 15.8. The van der Waals surface area contributed by atoms with Crippen LogP contribution in [0.1, 0.15) is 64.2 Å². The molecule has 0 aromatic heterocycles. The van der Waals surface area contributed by atoms with Gasteiger partial charge in [-0.2, -0.15) is 0 Å². The van der Waals surface area contributed by atoms with Gasteiger partial charge in [-0.3, -0.25) is 9.79 Å². The molecule has 2 saturated carbocycles. The van der Waals surface area contributed by atoms with Crippen LogP contribution in [-0.4, -0.2) is 38.0 Å². The zero-order valence-electron chi connectivity index (χ0n) is 14.0. The van der Waals surface area contributed by atoms with Gasteiger partial charge in [0.25, 0.3) is 0 Å². The predicted molar refractivity (Wildman–Crippen MR) is 91.0 cm³/mol. The first-order chi connectivity index (χ1) is 10.8. The first kappa shape index (κ1) is 17.1. The molecular formula is C17H32N4O. The highest BCUT2D eigenvalue weighted by atomic mass is 16.1. The number of amides is 1. The fourth-order valence-corrected chi connectivity index (χ4v) is 3.10. The lowest BCUT2D eigenvalue weighted by atomic mass is 10.0. The fraction of sp³-hybridized carbons (Fsp3) is 0.882. The first-order valence-corrected chi connectivity index (χ1v) is 9.02. The summed E-state index contributed by atoms with van der Waals surface area (Å²) < 4.78 is 0. The van der Waals surface area contributed by atoms with Crippen LogP contribution in [0.5, 0.6) is 0 Å². The lowest BCUT2D eigenvalue weighted by molar-refractivity contribution is -0.121. The van der Waals surface area contributed by atoms with Gasteiger partial charge in [0.1, 0.15) is 0 Å². The normalized spacial score (nSPS) is 19.2.